The van der Waals surface area contributed by atoms with Gasteiger partial charge in [-0.15, -0.1) is 0 Å². The van der Waals surface area contributed by atoms with Gasteiger partial charge in [0.25, 0.3) is 0 Å². The Morgan fingerprint density at radius 2 is 1.81 bits per heavy atom. The van der Waals surface area contributed by atoms with Gasteiger partial charge in [0.2, 0.25) is 0 Å². The van der Waals surface area contributed by atoms with Crippen molar-refractivity contribution < 1.29 is 13.9 Å². The van der Waals surface area contributed by atoms with E-state index in [2.05, 4.69) is 96.2 Å². The van der Waals surface area contributed by atoms with Crippen molar-refractivity contribution in [2.75, 3.05) is 11.0 Å². The summed E-state index contributed by atoms with van der Waals surface area (Å²) in [6.07, 6.45) is 8.10. The van der Waals surface area contributed by atoms with Crippen LogP contribution >= 0.6 is 22.6 Å². The third-order valence-corrected chi connectivity index (χ3v) is 12.9. The summed E-state index contributed by atoms with van der Waals surface area (Å²) in [4.78, 5) is 0. The van der Waals surface area contributed by atoms with Crippen LogP contribution in [0.4, 0.5) is 0 Å². The summed E-state index contributed by atoms with van der Waals surface area (Å²) in [5.41, 5.74) is 1.91. The molecular formula is C26H49IO3Si. The highest BCUT2D eigenvalue weighted by atomic mass is 127. The molecule has 0 bridgehead atoms. The zero-order valence-corrected chi connectivity index (χ0v) is 25.0. The van der Waals surface area contributed by atoms with Crippen LogP contribution in [0.2, 0.25) is 17.6 Å². The number of hydrogen-bond acceptors (Lipinski definition) is 3. The predicted molar refractivity (Wildman–Crippen MR) is 145 cm³/mol. The minimum atomic E-state index is -1.89. The van der Waals surface area contributed by atoms with Crippen molar-refractivity contribution in [2.24, 2.45) is 17.8 Å². The topological polar surface area (TPSA) is 27.7 Å². The van der Waals surface area contributed by atoms with Crippen LogP contribution in [-0.4, -0.2) is 37.3 Å². The predicted octanol–water partition coefficient (Wildman–Crippen LogP) is 8.15. The molecule has 31 heavy (non-hydrogen) atoms. The quantitative estimate of drug-likeness (QED) is 0.104. The van der Waals surface area contributed by atoms with Crippen molar-refractivity contribution in [1.29, 1.82) is 0 Å². The molecule has 1 aliphatic rings. The monoisotopic (exact) mass is 564 g/mol. The van der Waals surface area contributed by atoms with Crippen molar-refractivity contribution in [2.45, 2.75) is 111 Å². The standard InChI is InChI=1S/C26H49IO3Si/c1-11-14-20(6)17-22(8)25(30-31(12-2,13-3)19(4)5)23-18-28-26(9,10)29-24(23)21(7)15-16-27/h11,14,17,19-21,23-25H,12-13,15-16,18H2,1-10H3/b14-11-,22-17+/t20?,21-,23+,24-,25+/m1/s1. The molecular weight excluding hydrogens is 515 g/mol. The van der Waals surface area contributed by atoms with Crippen molar-refractivity contribution in [3.8, 4) is 0 Å². The fourth-order valence-electron chi connectivity index (χ4n) is 4.98. The van der Waals surface area contributed by atoms with Gasteiger partial charge in [-0.25, -0.2) is 0 Å². The second kappa shape index (κ2) is 13.3. The lowest BCUT2D eigenvalue weighted by Crippen LogP contribution is -2.55. The second-order valence-corrected chi connectivity index (χ2v) is 16.2. The van der Waals surface area contributed by atoms with Gasteiger partial charge in [0.15, 0.2) is 14.1 Å². The first-order valence-corrected chi connectivity index (χ1v) is 16.3. The Labute approximate surface area is 208 Å². The highest BCUT2D eigenvalue weighted by Gasteiger charge is 2.47. The van der Waals surface area contributed by atoms with Crippen molar-refractivity contribution in [3.05, 3.63) is 23.8 Å². The van der Waals surface area contributed by atoms with Crippen molar-refractivity contribution >= 4 is 30.9 Å². The van der Waals surface area contributed by atoms with Crippen LogP contribution in [0.25, 0.3) is 0 Å². The molecule has 182 valence electrons. The fraction of sp³-hybridized carbons (Fsp3) is 0.846. The molecule has 3 nitrogen and oxygen atoms in total. The average molecular weight is 565 g/mol. The molecule has 0 radical (unpaired) electrons. The summed E-state index contributed by atoms with van der Waals surface area (Å²) in [6.45, 7) is 23.1. The van der Waals surface area contributed by atoms with Gasteiger partial charge in [0.05, 0.1) is 18.8 Å². The second-order valence-electron chi connectivity index (χ2n) is 10.2. The Bertz CT molecular complexity index is 583. The summed E-state index contributed by atoms with van der Waals surface area (Å²) < 4.78 is 21.3. The van der Waals surface area contributed by atoms with E-state index < -0.39 is 14.1 Å². The van der Waals surface area contributed by atoms with Crippen LogP contribution in [0.5, 0.6) is 0 Å². The van der Waals surface area contributed by atoms with Crippen LogP contribution in [0.15, 0.2) is 23.8 Å². The Morgan fingerprint density at radius 3 is 2.29 bits per heavy atom. The van der Waals surface area contributed by atoms with E-state index in [-0.39, 0.29) is 18.1 Å². The Hall–Kier alpha value is 0.307. The number of alkyl halides is 1. The summed E-state index contributed by atoms with van der Waals surface area (Å²) in [5, 5.41) is 0. The maximum atomic E-state index is 7.29. The number of halogens is 1. The van der Waals surface area contributed by atoms with E-state index in [0.717, 1.165) is 22.9 Å². The van der Waals surface area contributed by atoms with E-state index in [1.807, 2.05) is 13.8 Å². The maximum Gasteiger partial charge on any atom is 0.195 e. The van der Waals surface area contributed by atoms with Gasteiger partial charge in [-0.1, -0.05) is 82.4 Å². The third-order valence-electron chi connectivity index (χ3n) is 7.06. The lowest BCUT2D eigenvalue weighted by Gasteiger charge is -2.49. The van der Waals surface area contributed by atoms with E-state index in [0.29, 0.717) is 24.0 Å². The molecule has 0 aromatic carbocycles. The number of hydrogen-bond donors (Lipinski definition) is 0. The van der Waals surface area contributed by atoms with E-state index in [1.165, 1.54) is 5.57 Å². The first-order valence-electron chi connectivity index (χ1n) is 12.3. The van der Waals surface area contributed by atoms with Gasteiger partial charge in [-0.3, -0.25) is 0 Å². The third kappa shape index (κ3) is 8.23. The van der Waals surface area contributed by atoms with Gasteiger partial charge in [0, 0.05) is 5.92 Å². The van der Waals surface area contributed by atoms with Crippen LogP contribution in [0, 0.1) is 17.8 Å². The van der Waals surface area contributed by atoms with E-state index >= 15 is 0 Å². The molecule has 1 aliphatic heterocycles. The molecule has 1 saturated heterocycles. The van der Waals surface area contributed by atoms with Crippen LogP contribution in [0.3, 0.4) is 0 Å². The molecule has 0 amide bonds. The minimum Gasteiger partial charge on any atom is -0.410 e. The summed E-state index contributed by atoms with van der Waals surface area (Å²) >= 11 is 2.48. The first-order chi connectivity index (χ1) is 14.5. The largest absolute Gasteiger partial charge is 0.410 e. The number of rotatable bonds is 12. The van der Waals surface area contributed by atoms with E-state index in [9.17, 15) is 0 Å². The molecule has 1 fully saturated rings. The Balaban J connectivity index is 3.44. The molecule has 0 aromatic rings. The van der Waals surface area contributed by atoms with Crippen LogP contribution in [-0.2, 0) is 13.9 Å². The molecule has 5 atom stereocenters. The molecule has 0 saturated carbocycles. The Kier molecular flexibility index (Phi) is 12.5. The smallest absolute Gasteiger partial charge is 0.195 e. The summed E-state index contributed by atoms with van der Waals surface area (Å²) in [7, 11) is -1.89. The Morgan fingerprint density at radius 1 is 1.19 bits per heavy atom. The lowest BCUT2D eigenvalue weighted by molar-refractivity contribution is -0.308. The number of ether oxygens (including phenoxy) is 2. The van der Waals surface area contributed by atoms with Gasteiger partial charge in [0.1, 0.15) is 0 Å². The normalized spacial score (nSPS) is 25.7. The highest BCUT2D eigenvalue weighted by molar-refractivity contribution is 14.1. The fourth-order valence-corrected chi connectivity index (χ4v) is 9.57. The van der Waals surface area contributed by atoms with Gasteiger partial charge < -0.3 is 13.9 Å². The molecule has 5 heteroatoms. The summed E-state index contributed by atoms with van der Waals surface area (Å²) in [5.74, 6) is 0.532. The van der Waals surface area contributed by atoms with Gasteiger partial charge in [-0.2, -0.15) is 0 Å². The SMILES string of the molecule is C/C=C\C(C)/C=C(\C)[C@H](O[Si](CC)(CC)C(C)C)[C@H]1COC(C)(C)O[C@@H]1[C@H](C)CCI. The number of allylic oxidation sites excluding steroid dienone is 3. The molecule has 1 unspecified atom stereocenters. The molecule has 0 spiro atoms. The van der Waals surface area contributed by atoms with E-state index in [4.69, 9.17) is 13.9 Å². The lowest BCUT2D eigenvalue weighted by atomic mass is 9.83. The first kappa shape index (κ1) is 29.3. The maximum absolute atomic E-state index is 7.29. The van der Waals surface area contributed by atoms with Crippen LogP contribution < -0.4 is 0 Å². The minimum absolute atomic E-state index is 0.0411. The molecule has 0 aromatic heterocycles. The van der Waals surface area contributed by atoms with Gasteiger partial charge in [-0.05, 0) is 73.6 Å². The zero-order chi connectivity index (χ0) is 23.8. The van der Waals surface area contributed by atoms with Crippen molar-refractivity contribution in [1.82, 2.24) is 0 Å². The molecule has 0 N–H and O–H groups in total. The van der Waals surface area contributed by atoms with Gasteiger partial charge >= 0.3 is 0 Å². The van der Waals surface area contributed by atoms with Crippen molar-refractivity contribution in [3.63, 3.8) is 0 Å². The molecule has 1 rings (SSSR count). The average Bonchev–Trinajstić information content (AvgIpc) is 2.69. The van der Waals surface area contributed by atoms with Crippen LogP contribution in [0.1, 0.15) is 75.7 Å². The molecule has 1 heterocycles. The summed E-state index contributed by atoms with van der Waals surface area (Å²) in [6, 6.07) is 2.28. The molecule has 0 aliphatic carbocycles. The zero-order valence-electron chi connectivity index (χ0n) is 21.8. The highest BCUT2D eigenvalue weighted by Crippen LogP contribution is 2.40. The van der Waals surface area contributed by atoms with E-state index in [1.54, 1.807) is 0 Å².